The first-order valence-corrected chi connectivity index (χ1v) is 14.9. The SMILES string of the molecule is COc1ccc2c3c1O[C@@H]1C[C@@H](OC(=O)[C@@H](CC(=O)OCc4ccccc4)NC(=O)OC(C)(C)C)C(C)[C@]31CCN(C)C2. The lowest BCUT2D eigenvalue weighted by atomic mass is 9.69. The Kier molecular flexibility index (Phi) is 8.61. The fourth-order valence-corrected chi connectivity index (χ4v) is 6.71. The molecular formula is C33H42N2O8. The third-order valence-corrected chi connectivity index (χ3v) is 8.75. The second kappa shape index (κ2) is 12.1. The lowest BCUT2D eigenvalue weighted by Gasteiger charge is -2.34. The first kappa shape index (κ1) is 30.7. The van der Waals surface area contributed by atoms with E-state index in [1.54, 1.807) is 27.9 Å². The summed E-state index contributed by atoms with van der Waals surface area (Å²) in [6.07, 6.45) is -0.595. The third-order valence-electron chi connectivity index (χ3n) is 8.75. The van der Waals surface area contributed by atoms with Gasteiger partial charge in [0.15, 0.2) is 11.5 Å². The summed E-state index contributed by atoms with van der Waals surface area (Å²) in [6.45, 7) is 8.95. The molecule has 1 amide bonds. The van der Waals surface area contributed by atoms with E-state index < -0.39 is 42.2 Å². The van der Waals surface area contributed by atoms with Crippen molar-refractivity contribution in [2.24, 2.45) is 5.92 Å². The van der Waals surface area contributed by atoms with E-state index in [1.165, 1.54) is 5.56 Å². The molecule has 232 valence electrons. The monoisotopic (exact) mass is 594 g/mol. The average Bonchev–Trinajstić information content (AvgIpc) is 3.34. The van der Waals surface area contributed by atoms with Crippen LogP contribution in [0.5, 0.6) is 11.5 Å². The Hall–Kier alpha value is -3.79. The van der Waals surface area contributed by atoms with E-state index >= 15 is 0 Å². The zero-order chi connectivity index (χ0) is 30.9. The van der Waals surface area contributed by atoms with E-state index in [1.807, 2.05) is 36.4 Å². The smallest absolute Gasteiger partial charge is 0.408 e. The van der Waals surface area contributed by atoms with E-state index in [-0.39, 0.29) is 24.0 Å². The Morgan fingerprint density at radius 3 is 2.58 bits per heavy atom. The summed E-state index contributed by atoms with van der Waals surface area (Å²) in [5.74, 6) is 0.0356. The number of carbonyl (C=O) groups is 3. The zero-order valence-electron chi connectivity index (χ0n) is 25.8. The van der Waals surface area contributed by atoms with Crippen molar-refractivity contribution < 1.29 is 38.1 Å². The number of carbonyl (C=O) groups excluding carboxylic acids is 3. The van der Waals surface area contributed by atoms with Crippen LogP contribution >= 0.6 is 0 Å². The van der Waals surface area contributed by atoms with Crippen molar-refractivity contribution in [2.75, 3.05) is 20.7 Å². The Morgan fingerprint density at radius 2 is 1.88 bits per heavy atom. The quantitative estimate of drug-likeness (QED) is 0.349. The zero-order valence-corrected chi connectivity index (χ0v) is 25.8. The van der Waals surface area contributed by atoms with Crippen LogP contribution in [-0.4, -0.2) is 67.5 Å². The lowest BCUT2D eigenvalue weighted by Crippen LogP contribution is -2.47. The van der Waals surface area contributed by atoms with Gasteiger partial charge in [0.05, 0.1) is 13.5 Å². The first-order valence-electron chi connectivity index (χ1n) is 14.9. The Labute approximate surface area is 252 Å². The summed E-state index contributed by atoms with van der Waals surface area (Å²) in [7, 11) is 3.74. The van der Waals surface area contributed by atoms with E-state index in [0.29, 0.717) is 12.2 Å². The molecule has 2 heterocycles. The fraction of sp³-hybridized carbons (Fsp3) is 0.545. The van der Waals surface area contributed by atoms with Crippen molar-refractivity contribution >= 4 is 18.0 Å². The number of nitrogens with one attached hydrogen (secondary N) is 1. The number of methoxy groups -OCH3 is 1. The van der Waals surface area contributed by atoms with Gasteiger partial charge in [-0.3, -0.25) is 4.79 Å². The Balaban J connectivity index is 1.34. The predicted octanol–water partition coefficient (Wildman–Crippen LogP) is 4.51. The standard InChI is InChI=1S/C33H42N2O8/c1-20-25(17-26-33(20)14-15-35(5)18-22-12-13-24(39-6)29(42-26)28(22)33)41-30(37)23(34-31(38)43-32(2,3)4)16-27(36)40-19-21-10-8-7-9-11-21/h7-13,20,23,25-26H,14-19H2,1-6H3,(H,34,38)/t20?,23-,25-,26-,33+/m1/s1. The van der Waals surface area contributed by atoms with Crippen LogP contribution in [0.4, 0.5) is 4.79 Å². The first-order chi connectivity index (χ1) is 20.4. The highest BCUT2D eigenvalue weighted by Crippen LogP contribution is 2.61. The molecule has 0 saturated heterocycles. The second-order valence-corrected chi connectivity index (χ2v) is 12.8. The molecule has 5 atom stereocenters. The number of ether oxygens (including phenoxy) is 5. The molecule has 5 rings (SSSR count). The molecule has 10 nitrogen and oxygen atoms in total. The average molecular weight is 595 g/mol. The number of alkyl carbamates (subject to hydrolysis) is 1. The molecule has 43 heavy (non-hydrogen) atoms. The van der Waals surface area contributed by atoms with Crippen molar-refractivity contribution in [3.05, 3.63) is 59.2 Å². The molecule has 2 aliphatic heterocycles. The van der Waals surface area contributed by atoms with Gasteiger partial charge in [-0.05, 0) is 58.0 Å². The number of benzene rings is 2. The maximum absolute atomic E-state index is 13.6. The molecule has 1 fully saturated rings. The third kappa shape index (κ3) is 6.30. The normalized spacial score (nSPS) is 24.9. The minimum atomic E-state index is -1.28. The topological polar surface area (TPSA) is 113 Å². The van der Waals surface area contributed by atoms with Crippen LogP contribution in [0.3, 0.4) is 0 Å². The van der Waals surface area contributed by atoms with Crippen LogP contribution in [-0.2, 0) is 42.4 Å². The van der Waals surface area contributed by atoms with Crippen LogP contribution in [0, 0.1) is 5.92 Å². The van der Waals surface area contributed by atoms with Gasteiger partial charge in [-0.2, -0.15) is 0 Å². The van der Waals surface area contributed by atoms with E-state index in [2.05, 4.69) is 30.3 Å². The molecule has 3 aliphatic rings. The van der Waals surface area contributed by atoms with Gasteiger partial charge in [-0.1, -0.05) is 43.3 Å². The minimum Gasteiger partial charge on any atom is -0.493 e. The number of hydrogen-bond acceptors (Lipinski definition) is 9. The van der Waals surface area contributed by atoms with Crippen LogP contribution in [0.2, 0.25) is 0 Å². The van der Waals surface area contributed by atoms with Crippen molar-refractivity contribution in [1.82, 2.24) is 10.2 Å². The van der Waals surface area contributed by atoms with Crippen LogP contribution < -0.4 is 14.8 Å². The van der Waals surface area contributed by atoms with Gasteiger partial charge in [0, 0.05) is 29.9 Å². The van der Waals surface area contributed by atoms with E-state index in [9.17, 15) is 14.4 Å². The highest BCUT2D eigenvalue weighted by atomic mass is 16.6. The van der Waals surface area contributed by atoms with Crippen molar-refractivity contribution in [2.45, 2.75) is 89.4 Å². The number of nitrogens with zero attached hydrogens (tertiary/aromatic N) is 1. The van der Waals surface area contributed by atoms with Crippen LogP contribution in [0.1, 0.15) is 63.6 Å². The summed E-state index contributed by atoms with van der Waals surface area (Å²) in [5.41, 5.74) is 1.98. The van der Waals surface area contributed by atoms with Gasteiger partial charge >= 0.3 is 18.0 Å². The van der Waals surface area contributed by atoms with Gasteiger partial charge in [0.1, 0.15) is 30.5 Å². The minimum absolute atomic E-state index is 0.0503. The number of esters is 2. The fourth-order valence-electron chi connectivity index (χ4n) is 6.71. The van der Waals surface area contributed by atoms with Crippen molar-refractivity contribution in [1.29, 1.82) is 0 Å². The molecule has 0 bridgehead atoms. The molecule has 0 radical (unpaired) electrons. The number of hydrogen-bond donors (Lipinski definition) is 1. The Morgan fingerprint density at radius 1 is 1.14 bits per heavy atom. The molecule has 2 aromatic rings. The number of rotatable bonds is 8. The molecule has 1 saturated carbocycles. The van der Waals surface area contributed by atoms with Gasteiger partial charge in [0.2, 0.25) is 0 Å². The summed E-state index contributed by atoms with van der Waals surface area (Å²) in [5, 5.41) is 2.54. The molecule has 1 spiro atoms. The largest absolute Gasteiger partial charge is 0.493 e. The van der Waals surface area contributed by atoms with Crippen LogP contribution in [0.15, 0.2) is 42.5 Å². The van der Waals surface area contributed by atoms with Crippen molar-refractivity contribution in [3.8, 4) is 11.5 Å². The number of amides is 1. The molecule has 1 unspecified atom stereocenters. The van der Waals surface area contributed by atoms with Gasteiger partial charge in [0.25, 0.3) is 0 Å². The van der Waals surface area contributed by atoms with Gasteiger partial charge in [-0.25, -0.2) is 9.59 Å². The lowest BCUT2D eigenvalue weighted by molar-refractivity contribution is -0.158. The molecular weight excluding hydrogens is 552 g/mol. The highest BCUT2D eigenvalue weighted by Gasteiger charge is 2.62. The maximum Gasteiger partial charge on any atom is 0.408 e. The molecule has 0 aromatic heterocycles. The molecule has 1 aliphatic carbocycles. The highest BCUT2D eigenvalue weighted by molar-refractivity contribution is 5.86. The van der Waals surface area contributed by atoms with Crippen LogP contribution in [0.25, 0.3) is 0 Å². The van der Waals surface area contributed by atoms with E-state index in [0.717, 1.165) is 36.4 Å². The maximum atomic E-state index is 13.6. The molecule has 1 N–H and O–H groups in total. The molecule has 2 aromatic carbocycles. The van der Waals surface area contributed by atoms with Gasteiger partial charge in [-0.15, -0.1) is 0 Å². The van der Waals surface area contributed by atoms with Crippen molar-refractivity contribution in [3.63, 3.8) is 0 Å². The van der Waals surface area contributed by atoms with Gasteiger partial charge < -0.3 is 33.9 Å². The van der Waals surface area contributed by atoms with E-state index in [4.69, 9.17) is 23.7 Å². The summed E-state index contributed by atoms with van der Waals surface area (Å²) in [6, 6.07) is 12.0. The predicted molar refractivity (Wildman–Crippen MR) is 158 cm³/mol. The summed E-state index contributed by atoms with van der Waals surface area (Å²) >= 11 is 0. The molecule has 10 heteroatoms. The Bertz CT molecular complexity index is 1360. The summed E-state index contributed by atoms with van der Waals surface area (Å²) < 4.78 is 29.1. The second-order valence-electron chi connectivity index (χ2n) is 12.8. The summed E-state index contributed by atoms with van der Waals surface area (Å²) in [4.78, 5) is 41.4.